The lowest BCUT2D eigenvalue weighted by atomic mass is 10.0. The Morgan fingerprint density at radius 2 is 2.19 bits per heavy atom. The molecule has 0 aliphatic carbocycles. The minimum Gasteiger partial charge on any atom is -0.371 e. The Bertz CT molecular complexity index is 814. The van der Waals surface area contributed by atoms with Crippen molar-refractivity contribution in [2.24, 2.45) is 0 Å². The van der Waals surface area contributed by atoms with Crippen molar-refractivity contribution in [2.75, 3.05) is 23.8 Å². The average molecular weight is 418 g/mol. The lowest BCUT2D eigenvalue weighted by Crippen LogP contribution is -2.50. The number of halogens is 1. The van der Waals surface area contributed by atoms with Crippen LogP contribution in [0, 0.1) is 0 Å². The standard InChI is InChI=1S/C19H20BrN3O3/c1-22(10-3-2-9-20)15-6-4-5-13-14(15)11-23(17(13)12-24)16-7-8-18(25)21-19(16)26/h2-6,16H,7-11H2,1H3,(H,21,25,26)/b3-2+. The number of alkyl halides is 1. The monoisotopic (exact) mass is 417 g/mol. The van der Waals surface area contributed by atoms with Gasteiger partial charge in [-0.05, 0) is 12.5 Å². The summed E-state index contributed by atoms with van der Waals surface area (Å²) in [5.74, 6) is 1.39. The lowest BCUT2D eigenvalue weighted by molar-refractivity contribution is -0.136. The minimum atomic E-state index is -0.525. The molecule has 7 heteroatoms. The molecule has 3 rings (SSSR count). The van der Waals surface area contributed by atoms with Gasteiger partial charge < -0.3 is 9.80 Å². The van der Waals surface area contributed by atoms with E-state index in [0.29, 0.717) is 18.7 Å². The van der Waals surface area contributed by atoms with Crippen molar-refractivity contribution < 1.29 is 14.4 Å². The van der Waals surface area contributed by atoms with Gasteiger partial charge >= 0.3 is 0 Å². The number of benzene rings is 1. The van der Waals surface area contributed by atoms with Crippen molar-refractivity contribution in [1.29, 1.82) is 0 Å². The molecule has 2 aliphatic heterocycles. The van der Waals surface area contributed by atoms with E-state index in [0.717, 1.165) is 28.7 Å². The second-order valence-electron chi connectivity index (χ2n) is 6.35. The third-order valence-corrected chi connectivity index (χ3v) is 5.13. The predicted octanol–water partition coefficient (Wildman–Crippen LogP) is 1.87. The largest absolute Gasteiger partial charge is 0.371 e. The summed E-state index contributed by atoms with van der Waals surface area (Å²) in [6.07, 6.45) is 4.78. The normalized spacial score (nSPS) is 19.5. The van der Waals surface area contributed by atoms with E-state index in [9.17, 15) is 14.4 Å². The smallest absolute Gasteiger partial charge is 0.249 e. The molecule has 1 aromatic rings. The molecule has 0 saturated carbocycles. The maximum absolute atomic E-state index is 12.3. The van der Waals surface area contributed by atoms with E-state index in [1.54, 1.807) is 4.90 Å². The summed E-state index contributed by atoms with van der Waals surface area (Å²) in [6.45, 7) is 1.19. The number of anilines is 1. The number of carbonyl (C=O) groups is 2. The Kier molecular flexibility index (Phi) is 5.59. The number of hydrogen-bond acceptors (Lipinski definition) is 5. The summed E-state index contributed by atoms with van der Waals surface area (Å²) in [6, 6.07) is 5.28. The molecular weight excluding hydrogens is 398 g/mol. The Balaban J connectivity index is 1.91. The summed E-state index contributed by atoms with van der Waals surface area (Å²) < 4.78 is 0. The number of allylic oxidation sites excluding steroid dienone is 1. The summed E-state index contributed by atoms with van der Waals surface area (Å²) in [5, 5.41) is 3.16. The highest BCUT2D eigenvalue weighted by atomic mass is 79.9. The second-order valence-corrected chi connectivity index (χ2v) is 7.00. The fraction of sp³-hybridized carbons (Fsp3) is 0.368. The van der Waals surface area contributed by atoms with Crippen molar-refractivity contribution in [2.45, 2.75) is 25.4 Å². The average Bonchev–Trinajstić information content (AvgIpc) is 3.00. The highest BCUT2D eigenvalue weighted by Crippen LogP contribution is 2.39. The molecule has 1 N–H and O–H groups in total. The topological polar surface area (TPSA) is 69.7 Å². The van der Waals surface area contributed by atoms with Crippen molar-refractivity contribution in [3.63, 3.8) is 0 Å². The van der Waals surface area contributed by atoms with Gasteiger partial charge in [-0.15, -0.1) is 0 Å². The van der Waals surface area contributed by atoms with Gasteiger partial charge in [0.15, 0.2) is 5.94 Å². The Labute approximate surface area is 160 Å². The first kappa shape index (κ1) is 18.4. The molecule has 26 heavy (non-hydrogen) atoms. The minimum absolute atomic E-state index is 0.265. The van der Waals surface area contributed by atoms with E-state index in [1.165, 1.54) is 0 Å². The van der Waals surface area contributed by atoms with Crippen LogP contribution in [0.2, 0.25) is 0 Å². The second kappa shape index (κ2) is 7.89. The van der Waals surface area contributed by atoms with Gasteiger partial charge in [0.05, 0.1) is 0 Å². The van der Waals surface area contributed by atoms with Gasteiger partial charge in [0.2, 0.25) is 11.8 Å². The first-order chi connectivity index (χ1) is 12.6. The summed E-state index contributed by atoms with van der Waals surface area (Å²) in [4.78, 5) is 39.2. The molecule has 1 atom stereocenters. The molecule has 6 nitrogen and oxygen atoms in total. The molecule has 0 spiro atoms. The van der Waals surface area contributed by atoms with Crippen LogP contribution in [0.1, 0.15) is 24.0 Å². The maximum Gasteiger partial charge on any atom is 0.249 e. The molecule has 0 aromatic heterocycles. The predicted molar refractivity (Wildman–Crippen MR) is 103 cm³/mol. The fourth-order valence-electron chi connectivity index (χ4n) is 3.48. The molecule has 136 valence electrons. The van der Waals surface area contributed by atoms with Crippen LogP contribution in [0.15, 0.2) is 30.4 Å². The Morgan fingerprint density at radius 3 is 2.88 bits per heavy atom. The first-order valence-electron chi connectivity index (χ1n) is 8.46. The van der Waals surface area contributed by atoms with E-state index in [4.69, 9.17) is 0 Å². The number of nitrogens with one attached hydrogen (secondary N) is 1. The number of amides is 2. The van der Waals surface area contributed by atoms with Crippen LogP contribution in [0.3, 0.4) is 0 Å². The summed E-state index contributed by atoms with van der Waals surface area (Å²) >= 11 is 3.36. The quantitative estimate of drug-likeness (QED) is 0.342. The molecular formula is C19H20BrN3O3. The molecule has 2 amide bonds. The molecule has 2 heterocycles. The Hall–Kier alpha value is -2.37. The van der Waals surface area contributed by atoms with Crippen LogP contribution in [0.5, 0.6) is 0 Å². The number of piperidine rings is 1. The van der Waals surface area contributed by atoms with Gasteiger partial charge in [0.25, 0.3) is 0 Å². The van der Waals surface area contributed by atoms with Crippen LogP contribution in [-0.4, -0.2) is 47.6 Å². The number of rotatable bonds is 5. The highest BCUT2D eigenvalue weighted by Gasteiger charge is 2.38. The first-order valence-corrected chi connectivity index (χ1v) is 9.58. The van der Waals surface area contributed by atoms with Crippen molar-refractivity contribution in [1.82, 2.24) is 10.2 Å². The van der Waals surface area contributed by atoms with Crippen LogP contribution >= 0.6 is 15.9 Å². The van der Waals surface area contributed by atoms with Crippen LogP contribution in [-0.2, 0) is 20.9 Å². The maximum atomic E-state index is 12.3. The zero-order valence-corrected chi connectivity index (χ0v) is 16.1. The number of likely N-dealkylation sites (N-methyl/N-ethyl adjacent to an activating group) is 1. The number of carbonyl (C=O) groups excluding carboxylic acids is 3. The van der Waals surface area contributed by atoms with Gasteiger partial charge in [0.1, 0.15) is 11.7 Å². The molecule has 1 saturated heterocycles. The third-order valence-electron chi connectivity index (χ3n) is 4.75. The summed E-state index contributed by atoms with van der Waals surface area (Å²) in [5.41, 5.74) is 3.22. The number of imide groups is 1. The van der Waals surface area contributed by atoms with Crippen LogP contribution < -0.4 is 10.2 Å². The molecule has 1 fully saturated rings. The molecule has 1 unspecified atom stereocenters. The van der Waals surface area contributed by atoms with Gasteiger partial charge in [0, 0.05) is 48.7 Å². The fourth-order valence-corrected chi connectivity index (χ4v) is 3.74. The zero-order chi connectivity index (χ0) is 18.7. The van der Waals surface area contributed by atoms with Gasteiger partial charge in [-0.3, -0.25) is 14.9 Å². The van der Waals surface area contributed by atoms with Crippen molar-refractivity contribution in [3.8, 4) is 0 Å². The van der Waals surface area contributed by atoms with E-state index >= 15 is 0 Å². The van der Waals surface area contributed by atoms with Crippen LogP contribution in [0.4, 0.5) is 5.69 Å². The SMILES string of the molecule is CN(C/C=C/CBr)c1cccc2c1CN(C1CCC(=O)NC1=O)C2=C=O. The van der Waals surface area contributed by atoms with Gasteiger partial charge in [-0.1, -0.05) is 40.2 Å². The van der Waals surface area contributed by atoms with E-state index < -0.39 is 6.04 Å². The third kappa shape index (κ3) is 3.45. The highest BCUT2D eigenvalue weighted by molar-refractivity contribution is 9.09. The van der Waals surface area contributed by atoms with Gasteiger partial charge in [-0.25, -0.2) is 4.79 Å². The zero-order valence-electron chi connectivity index (χ0n) is 14.5. The van der Waals surface area contributed by atoms with Crippen molar-refractivity contribution in [3.05, 3.63) is 41.5 Å². The number of nitrogens with zero attached hydrogens (tertiary/aromatic N) is 2. The lowest BCUT2D eigenvalue weighted by Gasteiger charge is -2.30. The van der Waals surface area contributed by atoms with E-state index in [2.05, 4.69) is 32.2 Å². The Morgan fingerprint density at radius 1 is 1.38 bits per heavy atom. The van der Waals surface area contributed by atoms with Crippen LogP contribution in [0.25, 0.3) is 5.70 Å². The molecule has 2 aliphatic rings. The molecule has 0 bridgehead atoms. The number of hydrogen-bond donors (Lipinski definition) is 1. The van der Waals surface area contributed by atoms with Gasteiger partial charge in [-0.2, -0.15) is 0 Å². The van der Waals surface area contributed by atoms with E-state index in [1.807, 2.05) is 37.3 Å². The summed E-state index contributed by atoms with van der Waals surface area (Å²) in [7, 11) is 1.99. The molecule has 0 radical (unpaired) electrons. The van der Waals surface area contributed by atoms with E-state index in [-0.39, 0.29) is 18.2 Å². The van der Waals surface area contributed by atoms with Crippen molar-refractivity contribution >= 4 is 45.1 Å². The number of fused-ring (bicyclic) bond motifs is 1. The molecule has 1 aromatic carbocycles.